The number of likely N-dealkylation sites (N-methyl/N-ethyl adjacent to an activating group) is 1. The van der Waals surface area contributed by atoms with E-state index in [2.05, 4.69) is 27.7 Å². The van der Waals surface area contributed by atoms with Crippen molar-refractivity contribution in [3.05, 3.63) is 35.9 Å². The molecule has 2 rings (SSSR count). The van der Waals surface area contributed by atoms with Crippen molar-refractivity contribution >= 4 is 6.03 Å². The maximum Gasteiger partial charge on any atom is 0.315 e. The van der Waals surface area contributed by atoms with Crippen molar-refractivity contribution in [3.63, 3.8) is 0 Å². The molecule has 1 aromatic rings. The third kappa shape index (κ3) is 3.73. The van der Waals surface area contributed by atoms with Gasteiger partial charge in [0.1, 0.15) is 0 Å². The molecule has 0 saturated heterocycles. The lowest BCUT2D eigenvalue weighted by atomic mass is 9.88. The number of hydrogen-bond donors (Lipinski definition) is 2. The van der Waals surface area contributed by atoms with E-state index in [1.165, 1.54) is 18.4 Å². The summed E-state index contributed by atoms with van der Waals surface area (Å²) in [6, 6.07) is 10.3. The predicted octanol–water partition coefficient (Wildman–Crippen LogP) is 2.32. The minimum atomic E-state index is -0.177. The van der Waals surface area contributed by atoms with Gasteiger partial charge in [0.25, 0.3) is 0 Å². The van der Waals surface area contributed by atoms with Gasteiger partial charge in [-0.25, -0.2) is 4.79 Å². The number of nitrogens with zero attached hydrogens (tertiary/aromatic N) is 1. The van der Waals surface area contributed by atoms with Crippen LogP contribution in [-0.2, 0) is 5.54 Å². The Morgan fingerprint density at radius 2 is 1.85 bits per heavy atom. The second kappa shape index (κ2) is 6.75. The summed E-state index contributed by atoms with van der Waals surface area (Å²) in [5.74, 6) is 0. The molecule has 4 nitrogen and oxygen atoms in total. The van der Waals surface area contributed by atoms with Gasteiger partial charge in [0.15, 0.2) is 0 Å². The van der Waals surface area contributed by atoms with Gasteiger partial charge in [-0.05, 0) is 32.5 Å². The average Bonchev–Trinajstić information content (AvgIpc) is 2.89. The first-order valence-electron chi connectivity index (χ1n) is 7.39. The van der Waals surface area contributed by atoms with Crippen LogP contribution in [-0.4, -0.2) is 38.1 Å². The van der Waals surface area contributed by atoms with E-state index < -0.39 is 0 Å². The zero-order chi connectivity index (χ0) is 14.4. The van der Waals surface area contributed by atoms with E-state index in [4.69, 9.17) is 0 Å². The average molecular weight is 275 g/mol. The van der Waals surface area contributed by atoms with Gasteiger partial charge in [-0.3, -0.25) is 0 Å². The molecule has 110 valence electrons. The Morgan fingerprint density at radius 3 is 2.45 bits per heavy atom. The molecule has 1 aliphatic carbocycles. The van der Waals surface area contributed by atoms with E-state index in [0.29, 0.717) is 6.54 Å². The molecule has 4 heteroatoms. The Hall–Kier alpha value is -1.55. The minimum absolute atomic E-state index is 0.0578. The normalized spacial score (nSPS) is 17.1. The van der Waals surface area contributed by atoms with Crippen molar-refractivity contribution in [3.8, 4) is 0 Å². The summed E-state index contributed by atoms with van der Waals surface area (Å²) in [4.78, 5) is 14.2. The Labute approximate surface area is 121 Å². The first kappa shape index (κ1) is 14.9. The summed E-state index contributed by atoms with van der Waals surface area (Å²) < 4.78 is 0. The van der Waals surface area contributed by atoms with Gasteiger partial charge in [0, 0.05) is 13.1 Å². The topological polar surface area (TPSA) is 44.4 Å². The Morgan fingerprint density at radius 1 is 1.20 bits per heavy atom. The zero-order valence-corrected chi connectivity index (χ0v) is 12.5. The number of urea groups is 1. The molecule has 1 saturated carbocycles. The molecule has 2 amide bonds. The second-order valence-electron chi connectivity index (χ2n) is 5.84. The van der Waals surface area contributed by atoms with Crippen LogP contribution >= 0.6 is 0 Å². The molecule has 2 N–H and O–H groups in total. The van der Waals surface area contributed by atoms with Gasteiger partial charge in [0.05, 0.1) is 5.54 Å². The fraction of sp³-hybridized carbons (Fsp3) is 0.562. The van der Waals surface area contributed by atoms with Crippen LogP contribution in [0.4, 0.5) is 4.79 Å². The smallest absolute Gasteiger partial charge is 0.315 e. The van der Waals surface area contributed by atoms with Crippen molar-refractivity contribution in [1.29, 1.82) is 0 Å². The molecule has 1 aliphatic rings. The molecule has 1 aromatic carbocycles. The molecule has 0 atom stereocenters. The maximum atomic E-state index is 12.1. The summed E-state index contributed by atoms with van der Waals surface area (Å²) in [6.07, 6.45) is 4.40. The van der Waals surface area contributed by atoms with Crippen molar-refractivity contribution in [2.45, 2.75) is 31.2 Å². The van der Waals surface area contributed by atoms with E-state index in [1.807, 2.05) is 32.3 Å². The molecular weight excluding hydrogens is 250 g/mol. The van der Waals surface area contributed by atoms with Crippen molar-refractivity contribution in [2.24, 2.45) is 0 Å². The summed E-state index contributed by atoms with van der Waals surface area (Å²) in [5.41, 5.74) is 1.05. The number of benzene rings is 1. The second-order valence-corrected chi connectivity index (χ2v) is 5.84. The SMILES string of the molecule is CN(C)CCNC(=O)NC1(c2ccccc2)CCCC1. The van der Waals surface area contributed by atoms with Crippen LogP contribution in [0.3, 0.4) is 0 Å². The summed E-state index contributed by atoms with van der Waals surface area (Å²) in [5, 5.41) is 6.16. The zero-order valence-electron chi connectivity index (χ0n) is 12.5. The fourth-order valence-electron chi connectivity index (χ4n) is 2.88. The van der Waals surface area contributed by atoms with E-state index in [9.17, 15) is 4.79 Å². The van der Waals surface area contributed by atoms with E-state index in [1.54, 1.807) is 0 Å². The van der Waals surface area contributed by atoms with Crippen LogP contribution in [0, 0.1) is 0 Å². The third-order valence-corrected chi connectivity index (χ3v) is 3.98. The van der Waals surface area contributed by atoms with Gasteiger partial charge in [-0.2, -0.15) is 0 Å². The quantitative estimate of drug-likeness (QED) is 0.866. The predicted molar refractivity (Wildman–Crippen MR) is 81.7 cm³/mol. The van der Waals surface area contributed by atoms with E-state index >= 15 is 0 Å². The molecule has 20 heavy (non-hydrogen) atoms. The highest BCUT2D eigenvalue weighted by molar-refractivity contribution is 5.75. The summed E-state index contributed by atoms with van der Waals surface area (Å²) in [6.45, 7) is 1.52. The highest BCUT2D eigenvalue weighted by Gasteiger charge is 2.36. The Bertz CT molecular complexity index is 425. The lowest BCUT2D eigenvalue weighted by Gasteiger charge is -2.31. The first-order valence-corrected chi connectivity index (χ1v) is 7.39. The number of carbonyl (C=O) groups excluding carboxylic acids is 1. The third-order valence-electron chi connectivity index (χ3n) is 3.98. The van der Waals surface area contributed by atoms with Crippen LogP contribution < -0.4 is 10.6 Å². The largest absolute Gasteiger partial charge is 0.337 e. The molecular formula is C16H25N3O. The van der Waals surface area contributed by atoms with Crippen LogP contribution in [0.2, 0.25) is 0 Å². The maximum absolute atomic E-state index is 12.1. The van der Waals surface area contributed by atoms with Gasteiger partial charge in [0.2, 0.25) is 0 Å². The number of carbonyl (C=O) groups is 1. The van der Waals surface area contributed by atoms with Crippen molar-refractivity contribution in [1.82, 2.24) is 15.5 Å². The molecule has 0 spiro atoms. The van der Waals surface area contributed by atoms with Gasteiger partial charge in [-0.1, -0.05) is 43.2 Å². The van der Waals surface area contributed by atoms with Crippen LogP contribution in [0.15, 0.2) is 30.3 Å². The lowest BCUT2D eigenvalue weighted by Crippen LogP contribution is -2.49. The minimum Gasteiger partial charge on any atom is -0.337 e. The van der Waals surface area contributed by atoms with Crippen LogP contribution in [0.5, 0.6) is 0 Å². The molecule has 0 radical (unpaired) electrons. The van der Waals surface area contributed by atoms with Gasteiger partial charge in [-0.15, -0.1) is 0 Å². The van der Waals surface area contributed by atoms with Crippen LogP contribution in [0.25, 0.3) is 0 Å². The molecule has 0 heterocycles. The van der Waals surface area contributed by atoms with Crippen molar-refractivity contribution < 1.29 is 4.79 Å². The van der Waals surface area contributed by atoms with Gasteiger partial charge < -0.3 is 15.5 Å². The standard InChI is InChI=1S/C16H25N3O/c1-19(2)13-12-17-15(20)18-16(10-6-7-11-16)14-8-4-3-5-9-14/h3-5,8-9H,6-7,10-13H2,1-2H3,(H2,17,18,20). The highest BCUT2D eigenvalue weighted by Crippen LogP contribution is 2.38. The number of hydrogen-bond acceptors (Lipinski definition) is 2. The molecule has 0 aromatic heterocycles. The summed E-state index contributed by atoms with van der Waals surface area (Å²) in [7, 11) is 4.00. The monoisotopic (exact) mass is 275 g/mol. The highest BCUT2D eigenvalue weighted by atomic mass is 16.2. The lowest BCUT2D eigenvalue weighted by molar-refractivity contribution is 0.223. The van der Waals surface area contributed by atoms with Crippen molar-refractivity contribution in [2.75, 3.05) is 27.2 Å². The number of nitrogens with one attached hydrogen (secondary N) is 2. The summed E-state index contributed by atoms with van der Waals surface area (Å²) >= 11 is 0. The van der Waals surface area contributed by atoms with E-state index in [0.717, 1.165) is 19.4 Å². The molecule has 0 bridgehead atoms. The van der Waals surface area contributed by atoms with Gasteiger partial charge >= 0.3 is 6.03 Å². The molecule has 1 fully saturated rings. The Balaban J connectivity index is 1.98. The van der Waals surface area contributed by atoms with E-state index in [-0.39, 0.29) is 11.6 Å². The fourth-order valence-corrected chi connectivity index (χ4v) is 2.88. The van der Waals surface area contributed by atoms with Crippen LogP contribution in [0.1, 0.15) is 31.2 Å². The number of amides is 2. The number of rotatable bonds is 5. The molecule has 0 unspecified atom stereocenters. The first-order chi connectivity index (χ1) is 9.62. The molecule has 0 aliphatic heterocycles. The Kier molecular flexibility index (Phi) is 5.01.